The van der Waals surface area contributed by atoms with E-state index in [2.05, 4.69) is 10.3 Å². The summed E-state index contributed by atoms with van der Waals surface area (Å²) in [6.45, 7) is 12.6. The van der Waals surface area contributed by atoms with Gasteiger partial charge in [-0.2, -0.15) is 0 Å². The molecule has 0 saturated carbocycles. The van der Waals surface area contributed by atoms with Gasteiger partial charge in [-0.1, -0.05) is 81.0 Å². The molecule has 4 aromatic rings. The monoisotopic (exact) mass is 966 g/mol. The van der Waals surface area contributed by atoms with Gasteiger partial charge in [0.2, 0.25) is 0 Å². The third kappa shape index (κ3) is 10.3. The summed E-state index contributed by atoms with van der Waals surface area (Å²) in [5, 5.41) is 12.1. The fraction of sp³-hybridized carbons (Fsp3) is 0.375. The molecule has 4 aliphatic heterocycles. The first-order valence-corrected chi connectivity index (χ1v) is 22.6. The summed E-state index contributed by atoms with van der Waals surface area (Å²) in [7, 11) is 0. The van der Waals surface area contributed by atoms with Crippen LogP contribution in [0.3, 0.4) is 0 Å². The van der Waals surface area contributed by atoms with Crippen LogP contribution < -0.4 is 0 Å². The molecule has 0 N–H and O–H groups in total. The molecule has 65 heavy (non-hydrogen) atoms. The van der Waals surface area contributed by atoms with Crippen LogP contribution >= 0.6 is 46.4 Å². The second-order valence-corrected chi connectivity index (χ2v) is 18.5. The van der Waals surface area contributed by atoms with Gasteiger partial charge in [0.25, 0.3) is 11.8 Å². The molecule has 2 unspecified atom stereocenters. The highest BCUT2D eigenvalue weighted by atomic mass is 35.5. The zero-order valence-electron chi connectivity index (χ0n) is 36.6. The maximum atomic E-state index is 13.8. The molecule has 0 spiro atoms. The van der Waals surface area contributed by atoms with E-state index in [1.54, 1.807) is 18.2 Å². The first-order valence-electron chi connectivity index (χ1n) is 21.1. The van der Waals surface area contributed by atoms with E-state index < -0.39 is 28.9 Å². The lowest BCUT2D eigenvalue weighted by molar-refractivity contribution is -0.161. The van der Waals surface area contributed by atoms with Crippen LogP contribution in [0.25, 0.3) is 0 Å². The highest BCUT2D eigenvalue weighted by Gasteiger charge is 2.40. The lowest BCUT2D eigenvalue weighted by Gasteiger charge is -2.22. The van der Waals surface area contributed by atoms with Gasteiger partial charge in [0, 0.05) is 71.1 Å². The molecule has 2 amide bonds. The number of hydrogen-bond acceptors (Lipinski definition) is 10. The van der Waals surface area contributed by atoms with Gasteiger partial charge in [-0.3, -0.25) is 28.9 Å². The first kappa shape index (κ1) is 48.1. The Hall–Kier alpha value is -4.89. The van der Waals surface area contributed by atoms with Crippen molar-refractivity contribution in [1.82, 2.24) is 10.1 Å². The number of ketones is 2. The number of carbonyl (C=O) groups excluding carboxylic acids is 4. The molecule has 12 nitrogen and oxygen atoms in total. The average Bonchev–Trinajstić information content (AvgIpc) is 4.05. The third-order valence-corrected chi connectivity index (χ3v) is 13.0. The van der Waals surface area contributed by atoms with Crippen LogP contribution in [0.15, 0.2) is 77.0 Å². The molecule has 2 fully saturated rings. The number of aryl methyl sites for hydroxylation is 2. The van der Waals surface area contributed by atoms with Crippen LogP contribution in [0.4, 0.5) is 4.39 Å². The molecule has 0 bridgehead atoms. The topological polar surface area (TPSA) is 136 Å². The van der Waals surface area contributed by atoms with E-state index in [-0.39, 0.29) is 59.5 Å². The standard InChI is InChI=1S/C24H23Cl2FN2O4.C24H24Cl2N2O4/c1-4-29-23(31)15(12-32-29)8-21(30)17-6-5-14(7-13(17)2)20-11-24(3,33-28-20)16-9-18(25)22(27)19(26)10-16;1-4-28-23(30)16(13-31-28)8-22(29)20-6-5-15(7-14(20)2)21-12-24(3,32-27-21)17-9-18(25)11-19(26)10-17/h5-7,9-10,15H,4,8,11-12H2,1-3H3;5-7,9-11,16H,4,8,12-13H2,1-3H3/t15-,24?;16-,24?/m11/s1. The number of amides is 2. The van der Waals surface area contributed by atoms with Crippen molar-refractivity contribution in [2.75, 3.05) is 26.3 Å². The van der Waals surface area contributed by atoms with Crippen molar-refractivity contribution in [2.45, 2.75) is 78.4 Å². The summed E-state index contributed by atoms with van der Waals surface area (Å²) >= 11 is 24.2. The Kier molecular flexibility index (Phi) is 14.4. The molecule has 8 rings (SSSR count). The second kappa shape index (κ2) is 19.5. The molecule has 4 aromatic carbocycles. The van der Waals surface area contributed by atoms with Crippen molar-refractivity contribution in [3.63, 3.8) is 0 Å². The van der Waals surface area contributed by atoms with Crippen molar-refractivity contribution in [2.24, 2.45) is 22.1 Å². The van der Waals surface area contributed by atoms with E-state index in [1.165, 1.54) is 22.3 Å². The minimum Gasteiger partial charge on any atom is -0.384 e. The Balaban J connectivity index is 0.000000194. The maximum absolute atomic E-state index is 13.8. The fourth-order valence-electron chi connectivity index (χ4n) is 8.22. The van der Waals surface area contributed by atoms with Crippen molar-refractivity contribution < 1.29 is 42.9 Å². The summed E-state index contributed by atoms with van der Waals surface area (Å²) in [5.74, 6) is -2.03. The van der Waals surface area contributed by atoms with Gasteiger partial charge in [0.1, 0.15) is 0 Å². The number of rotatable bonds is 12. The average molecular weight is 969 g/mol. The smallest absolute Gasteiger partial charge is 0.252 e. The molecule has 2 saturated heterocycles. The van der Waals surface area contributed by atoms with Crippen LogP contribution in [-0.4, -0.2) is 71.2 Å². The Morgan fingerprint density at radius 1 is 0.662 bits per heavy atom. The van der Waals surface area contributed by atoms with Gasteiger partial charge >= 0.3 is 0 Å². The van der Waals surface area contributed by atoms with Gasteiger partial charge in [-0.25, -0.2) is 14.5 Å². The number of oxime groups is 2. The van der Waals surface area contributed by atoms with E-state index in [0.29, 0.717) is 58.4 Å². The zero-order chi connectivity index (χ0) is 47.0. The van der Waals surface area contributed by atoms with E-state index >= 15 is 0 Å². The van der Waals surface area contributed by atoms with Crippen LogP contribution in [0.1, 0.15) is 107 Å². The molecule has 17 heteroatoms. The Morgan fingerprint density at radius 3 is 1.43 bits per heavy atom. The van der Waals surface area contributed by atoms with Crippen molar-refractivity contribution >= 4 is 81.2 Å². The SMILES string of the molecule is CCN1OC[C@@H](CC(=O)c2ccc(C3=NOC(C)(c4cc(Cl)c(F)c(Cl)c4)C3)cc2C)C1=O.CCN1OC[C@@H](CC(=O)c2ccc(C3=NOC(C)(c4cc(Cl)cc(Cl)c4)C3)cc2C)C1=O. The summed E-state index contributed by atoms with van der Waals surface area (Å²) < 4.78 is 13.8. The molecular weight excluding hydrogens is 921 g/mol. The molecule has 0 aliphatic carbocycles. The molecule has 0 radical (unpaired) electrons. The van der Waals surface area contributed by atoms with Crippen molar-refractivity contribution in [1.29, 1.82) is 0 Å². The quantitative estimate of drug-likeness (QED) is 0.101. The van der Waals surface area contributed by atoms with Crippen molar-refractivity contribution in [3.05, 3.63) is 137 Å². The molecular formula is C48H47Cl4FN4O8. The third-order valence-electron chi connectivity index (χ3n) is 12.0. The predicted octanol–water partition coefficient (Wildman–Crippen LogP) is 10.8. The number of nitrogens with zero attached hydrogens (tertiary/aromatic N) is 4. The molecule has 4 heterocycles. The number of hydroxylamine groups is 4. The van der Waals surface area contributed by atoms with Crippen molar-refractivity contribution in [3.8, 4) is 0 Å². The van der Waals surface area contributed by atoms with Gasteiger partial charge in [-0.05, 0) is 106 Å². The largest absolute Gasteiger partial charge is 0.384 e. The van der Waals surface area contributed by atoms with Crippen LogP contribution in [0, 0.1) is 31.5 Å². The Bertz CT molecular complexity index is 2600. The van der Waals surface area contributed by atoms with E-state index in [0.717, 1.165) is 33.5 Å². The lowest BCUT2D eigenvalue weighted by Crippen LogP contribution is -2.27. The maximum Gasteiger partial charge on any atom is 0.252 e. The zero-order valence-corrected chi connectivity index (χ0v) is 39.6. The predicted molar refractivity (Wildman–Crippen MR) is 246 cm³/mol. The van der Waals surface area contributed by atoms with E-state index in [9.17, 15) is 23.6 Å². The first-order chi connectivity index (χ1) is 30.8. The number of benzene rings is 4. The van der Waals surface area contributed by atoms with Crippen LogP contribution in [0.5, 0.6) is 0 Å². The van der Waals surface area contributed by atoms with Crippen LogP contribution in [0.2, 0.25) is 20.1 Å². The van der Waals surface area contributed by atoms with Crippen LogP contribution in [-0.2, 0) is 40.1 Å². The Morgan fingerprint density at radius 2 is 1.06 bits per heavy atom. The molecule has 0 aromatic heterocycles. The minimum atomic E-state index is -0.854. The normalized spacial score (nSPS) is 22.6. The second-order valence-electron chi connectivity index (χ2n) is 16.9. The summed E-state index contributed by atoms with van der Waals surface area (Å²) in [5.41, 5.74) is 5.85. The number of carbonyl (C=O) groups is 4. The van der Waals surface area contributed by atoms with Gasteiger partial charge in [-0.15, -0.1) is 0 Å². The summed E-state index contributed by atoms with van der Waals surface area (Å²) in [6, 6.07) is 19.3. The van der Waals surface area contributed by atoms with Gasteiger partial charge in [0.05, 0.1) is 46.5 Å². The van der Waals surface area contributed by atoms with E-state index in [4.69, 9.17) is 65.8 Å². The highest BCUT2D eigenvalue weighted by molar-refractivity contribution is 6.35. The number of hydrogen-bond donors (Lipinski definition) is 0. The highest BCUT2D eigenvalue weighted by Crippen LogP contribution is 2.41. The summed E-state index contributed by atoms with van der Waals surface area (Å²) in [4.78, 5) is 72.3. The number of halogens is 5. The van der Waals surface area contributed by atoms with Gasteiger partial charge in [0.15, 0.2) is 28.6 Å². The van der Waals surface area contributed by atoms with E-state index in [1.807, 2.05) is 77.9 Å². The molecule has 4 atom stereocenters. The minimum absolute atomic E-state index is 0.0722. The Labute approximate surface area is 396 Å². The lowest BCUT2D eigenvalue weighted by atomic mass is 9.88. The summed E-state index contributed by atoms with van der Waals surface area (Å²) in [6.07, 6.45) is 1.19. The van der Waals surface area contributed by atoms with Gasteiger partial charge < -0.3 is 9.68 Å². The number of Topliss-reactive ketones (excluding diaryl/α,β-unsaturated/α-hetero) is 2. The fourth-order valence-corrected chi connectivity index (χ4v) is 9.24. The molecule has 4 aliphatic rings. The molecule has 342 valence electrons.